The predicted octanol–water partition coefficient (Wildman–Crippen LogP) is 3.47. The molecule has 1 saturated heterocycles. The molecule has 27 heavy (non-hydrogen) atoms. The first-order chi connectivity index (χ1) is 12.9. The molecule has 4 rings (SSSR count). The van der Waals surface area contributed by atoms with E-state index in [9.17, 15) is 9.59 Å². The van der Waals surface area contributed by atoms with Gasteiger partial charge in [0.05, 0.1) is 17.0 Å². The van der Waals surface area contributed by atoms with Crippen LogP contribution in [0.5, 0.6) is 5.75 Å². The van der Waals surface area contributed by atoms with Crippen LogP contribution in [0.25, 0.3) is 0 Å². The fraction of sp³-hybridized carbons (Fsp3) is 0.429. The largest absolute Gasteiger partial charge is 0.484 e. The highest BCUT2D eigenvalue weighted by molar-refractivity contribution is 7.14. The summed E-state index contributed by atoms with van der Waals surface area (Å²) in [5.41, 5.74) is 2.34. The molecule has 0 atom stereocenters. The third kappa shape index (κ3) is 3.34. The van der Waals surface area contributed by atoms with Crippen molar-refractivity contribution in [1.82, 2.24) is 10.2 Å². The molecule has 0 bridgehead atoms. The molecule has 142 valence electrons. The molecule has 6 heteroatoms. The van der Waals surface area contributed by atoms with Crippen molar-refractivity contribution in [1.29, 1.82) is 0 Å². The van der Waals surface area contributed by atoms with E-state index in [4.69, 9.17) is 4.74 Å². The average molecular weight is 385 g/mol. The molecule has 2 aliphatic rings. The van der Waals surface area contributed by atoms with E-state index in [-0.39, 0.29) is 11.8 Å². The molecule has 1 spiro atoms. The maximum Gasteiger partial charge on any atom is 0.263 e. The number of thiophene rings is 1. The summed E-state index contributed by atoms with van der Waals surface area (Å²) in [7, 11) is 0. The van der Waals surface area contributed by atoms with Gasteiger partial charge in [-0.2, -0.15) is 0 Å². The van der Waals surface area contributed by atoms with E-state index in [2.05, 4.69) is 5.32 Å². The summed E-state index contributed by atoms with van der Waals surface area (Å²) in [5.74, 6) is 0.647. The zero-order valence-electron chi connectivity index (χ0n) is 15.9. The Kier molecular flexibility index (Phi) is 4.46. The van der Waals surface area contributed by atoms with Crippen molar-refractivity contribution in [2.75, 3.05) is 19.6 Å². The number of likely N-dealkylation sites (tertiary alicyclic amines) is 1. The number of aryl methyl sites for hydroxylation is 3. The quantitative estimate of drug-likeness (QED) is 0.819. The number of nitrogens with one attached hydrogen (secondary N) is 1. The monoisotopic (exact) mass is 384 g/mol. The standard InChI is InChI=1S/C21H24N2O3S/c1-13-4-5-17-16(10-13)19(24)22-12-21(26-17)6-8-23(9-7-21)20(25)18-11-14(2)15(3)27-18/h4-5,10-11H,6-9,12H2,1-3H3,(H,22,24). The Labute approximate surface area is 163 Å². The Balaban J connectivity index is 1.50. The number of hydrogen-bond acceptors (Lipinski definition) is 4. The van der Waals surface area contributed by atoms with E-state index in [1.807, 2.05) is 49.9 Å². The smallest absolute Gasteiger partial charge is 0.263 e. The van der Waals surface area contributed by atoms with Gasteiger partial charge in [0.25, 0.3) is 11.8 Å². The summed E-state index contributed by atoms with van der Waals surface area (Å²) in [5, 5.41) is 3.01. The maximum atomic E-state index is 12.8. The Bertz CT molecular complexity index is 891. The number of hydrogen-bond donors (Lipinski definition) is 1. The molecule has 2 amide bonds. The van der Waals surface area contributed by atoms with Gasteiger partial charge in [0, 0.05) is 30.8 Å². The van der Waals surface area contributed by atoms with Crippen molar-refractivity contribution in [3.05, 3.63) is 50.7 Å². The minimum Gasteiger partial charge on any atom is -0.484 e. The number of ether oxygens (including phenoxy) is 1. The average Bonchev–Trinajstić information content (AvgIpc) is 2.93. The summed E-state index contributed by atoms with van der Waals surface area (Å²) in [4.78, 5) is 29.1. The van der Waals surface area contributed by atoms with Crippen LogP contribution in [0.3, 0.4) is 0 Å². The molecule has 2 aromatic rings. The van der Waals surface area contributed by atoms with Crippen LogP contribution < -0.4 is 10.1 Å². The van der Waals surface area contributed by atoms with E-state index in [1.54, 1.807) is 11.3 Å². The molecule has 5 nitrogen and oxygen atoms in total. The molecular formula is C21H24N2O3S. The van der Waals surface area contributed by atoms with Crippen LogP contribution in [0.15, 0.2) is 24.3 Å². The van der Waals surface area contributed by atoms with Crippen LogP contribution in [0, 0.1) is 20.8 Å². The first kappa shape index (κ1) is 18.0. The van der Waals surface area contributed by atoms with Crippen molar-refractivity contribution < 1.29 is 14.3 Å². The highest BCUT2D eigenvalue weighted by Crippen LogP contribution is 2.34. The number of amides is 2. The molecule has 0 saturated carbocycles. The molecule has 0 unspecified atom stereocenters. The lowest BCUT2D eigenvalue weighted by Crippen LogP contribution is -2.54. The number of nitrogens with zero attached hydrogens (tertiary/aromatic N) is 1. The molecule has 0 aliphatic carbocycles. The number of carbonyl (C=O) groups is 2. The second kappa shape index (κ2) is 6.68. The Hall–Kier alpha value is -2.34. The van der Waals surface area contributed by atoms with Crippen LogP contribution in [-0.4, -0.2) is 41.9 Å². The van der Waals surface area contributed by atoms with Crippen molar-refractivity contribution in [2.24, 2.45) is 0 Å². The Morgan fingerprint density at radius 2 is 1.93 bits per heavy atom. The fourth-order valence-electron chi connectivity index (χ4n) is 3.75. The van der Waals surface area contributed by atoms with Crippen molar-refractivity contribution in [3.63, 3.8) is 0 Å². The lowest BCUT2D eigenvalue weighted by molar-refractivity contribution is 0.00787. The molecule has 1 N–H and O–H groups in total. The van der Waals surface area contributed by atoms with Crippen molar-refractivity contribution in [2.45, 2.75) is 39.2 Å². The summed E-state index contributed by atoms with van der Waals surface area (Å²) >= 11 is 1.56. The second-order valence-corrected chi connectivity index (χ2v) is 8.87. The Morgan fingerprint density at radius 3 is 2.59 bits per heavy atom. The lowest BCUT2D eigenvalue weighted by atomic mass is 9.90. The number of carbonyl (C=O) groups excluding carboxylic acids is 2. The minimum absolute atomic E-state index is 0.0892. The zero-order chi connectivity index (χ0) is 19.2. The molecule has 1 aromatic carbocycles. The molecule has 0 radical (unpaired) electrons. The number of benzene rings is 1. The third-order valence-corrected chi connectivity index (χ3v) is 6.76. The molecule has 1 fully saturated rings. The van der Waals surface area contributed by atoms with Gasteiger partial charge in [-0.3, -0.25) is 9.59 Å². The number of fused-ring (bicyclic) bond motifs is 1. The number of piperidine rings is 1. The van der Waals surface area contributed by atoms with E-state index in [0.717, 1.165) is 10.4 Å². The minimum atomic E-state index is -0.450. The molecular weight excluding hydrogens is 360 g/mol. The van der Waals surface area contributed by atoms with E-state index in [1.165, 1.54) is 10.4 Å². The van der Waals surface area contributed by atoms with E-state index < -0.39 is 5.60 Å². The fourth-order valence-corrected chi connectivity index (χ4v) is 4.75. The van der Waals surface area contributed by atoms with Crippen LogP contribution in [0.1, 0.15) is 48.9 Å². The summed E-state index contributed by atoms with van der Waals surface area (Å²) in [6.45, 7) is 7.78. The Morgan fingerprint density at radius 1 is 1.19 bits per heavy atom. The topological polar surface area (TPSA) is 58.6 Å². The van der Waals surface area contributed by atoms with Crippen molar-refractivity contribution in [3.8, 4) is 5.75 Å². The van der Waals surface area contributed by atoms with Gasteiger partial charge in [0.2, 0.25) is 0 Å². The van der Waals surface area contributed by atoms with Gasteiger partial charge >= 0.3 is 0 Å². The normalized spacial score (nSPS) is 18.5. The highest BCUT2D eigenvalue weighted by atomic mass is 32.1. The van der Waals surface area contributed by atoms with Gasteiger partial charge in [-0.25, -0.2) is 0 Å². The van der Waals surface area contributed by atoms with Crippen LogP contribution >= 0.6 is 11.3 Å². The zero-order valence-corrected chi connectivity index (χ0v) is 16.7. The third-order valence-electron chi connectivity index (χ3n) is 5.62. The van der Waals surface area contributed by atoms with Gasteiger partial charge in [-0.15, -0.1) is 11.3 Å². The van der Waals surface area contributed by atoms with Gasteiger partial charge in [0.15, 0.2) is 0 Å². The van der Waals surface area contributed by atoms with Gasteiger partial charge in [-0.05, 0) is 44.5 Å². The summed E-state index contributed by atoms with van der Waals surface area (Å²) in [6, 6.07) is 7.69. The van der Waals surface area contributed by atoms with E-state index in [0.29, 0.717) is 43.8 Å². The molecule has 1 aromatic heterocycles. The lowest BCUT2D eigenvalue weighted by Gasteiger charge is -2.41. The van der Waals surface area contributed by atoms with E-state index >= 15 is 0 Å². The van der Waals surface area contributed by atoms with Gasteiger partial charge < -0.3 is 15.0 Å². The van der Waals surface area contributed by atoms with Crippen LogP contribution in [0.4, 0.5) is 0 Å². The van der Waals surface area contributed by atoms with Crippen LogP contribution in [-0.2, 0) is 0 Å². The number of rotatable bonds is 1. The SMILES string of the molecule is Cc1ccc2c(c1)C(=O)NCC1(CCN(C(=O)c3cc(C)c(C)s3)CC1)O2. The second-order valence-electron chi connectivity index (χ2n) is 7.61. The first-order valence-corrected chi connectivity index (χ1v) is 10.1. The first-order valence-electron chi connectivity index (χ1n) is 9.31. The van der Waals surface area contributed by atoms with Crippen molar-refractivity contribution >= 4 is 23.2 Å². The summed E-state index contributed by atoms with van der Waals surface area (Å²) < 4.78 is 6.35. The maximum absolute atomic E-state index is 12.8. The van der Waals surface area contributed by atoms with Gasteiger partial charge in [-0.1, -0.05) is 11.6 Å². The summed E-state index contributed by atoms with van der Waals surface area (Å²) in [6.07, 6.45) is 1.41. The molecule has 2 aliphatic heterocycles. The molecule has 3 heterocycles. The van der Waals surface area contributed by atoms with Gasteiger partial charge in [0.1, 0.15) is 11.4 Å². The predicted molar refractivity (Wildman–Crippen MR) is 106 cm³/mol. The van der Waals surface area contributed by atoms with Crippen LogP contribution in [0.2, 0.25) is 0 Å². The highest BCUT2D eigenvalue weighted by Gasteiger charge is 2.41.